The summed E-state index contributed by atoms with van der Waals surface area (Å²) in [5, 5.41) is 13.9. The predicted molar refractivity (Wildman–Crippen MR) is 117 cm³/mol. The summed E-state index contributed by atoms with van der Waals surface area (Å²) in [5.74, 6) is 0.975. The molecule has 1 N–H and O–H groups in total. The van der Waals surface area contributed by atoms with E-state index in [-0.39, 0.29) is 23.4 Å². The van der Waals surface area contributed by atoms with E-state index in [0.29, 0.717) is 34.1 Å². The van der Waals surface area contributed by atoms with Crippen molar-refractivity contribution in [2.75, 3.05) is 13.1 Å². The van der Waals surface area contributed by atoms with E-state index in [1.807, 2.05) is 0 Å². The lowest BCUT2D eigenvalue weighted by Crippen LogP contribution is -2.48. The van der Waals surface area contributed by atoms with E-state index in [4.69, 9.17) is 16.3 Å². The molecule has 1 saturated heterocycles. The smallest absolute Gasteiger partial charge is 0.410 e. The van der Waals surface area contributed by atoms with Gasteiger partial charge in [-0.3, -0.25) is 14.9 Å². The van der Waals surface area contributed by atoms with E-state index in [0.717, 1.165) is 25.7 Å². The summed E-state index contributed by atoms with van der Waals surface area (Å²) in [6.45, 7) is 1.08. The number of nitrogens with zero attached hydrogens (tertiary/aromatic N) is 2. The fourth-order valence-electron chi connectivity index (χ4n) is 3.98. The van der Waals surface area contributed by atoms with Crippen LogP contribution < -0.4 is 10.1 Å². The summed E-state index contributed by atoms with van der Waals surface area (Å²) < 4.78 is 5.94. The van der Waals surface area contributed by atoms with Crippen molar-refractivity contribution in [2.24, 2.45) is 11.8 Å². The third-order valence-corrected chi connectivity index (χ3v) is 7.01. The highest BCUT2D eigenvalue weighted by atomic mass is 35.5. The van der Waals surface area contributed by atoms with Crippen LogP contribution in [0.4, 0.5) is 10.5 Å². The van der Waals surface area contributed by atoms with Crippen molar-refractivity contribution in [1.29, 1.82) is 0 Å². The lowest BCUT2D eigenvalue weighted by Gasteiger charge is -2.36. The van der Waals surface area contributed by atoms with Crippen molar-refractivity contribution in [3.05, 3.63) is 55.7 Å². The molecule has 31 heavy (non-hydrogen) atoms. The Kier molecular flexibility index (Phi) is 6.43. The van der Waals surface area contributed by atoms with E-state index in [9.17, 15) is 19.7 Å². The van der Waals surface area contributed by atoms with Crippen LogP contribution in [0.5, 0.6) is 5.75 Å². The molecule has 2 aromatic rings. The van der Waals surface area contributed by atoms with Crippen LogP contribution in [0.25, 0.3) is 0 Å². The molecule has 0 spiro atoms. The number of ether oxygens (including phenoxy) is 1. The Morgan fingerprint density at radius 2 is 1.74 bits per heavy atom. The number of nitro groups is 1. The maximum Gasteiger partial charge on any atom is 0.415 e. The van der Waals surface area contributed by atoms with Gasteiger partial charge in [-0.25, -0.2) is 4.79 Å². The lowest BCUT2D eigenvalue weighted by atomic mass is 9.86. The number of halogens is 1. The third kappa shape index (κ3) is 5.34. The summed E-state index contributed by atoms with van der Waals surface area (Å²) in [5.41, 5.74) is -0.0569. The predicted octanol–water partition coefficient (Wildman–Crippen LogP) is 4.73. The number of piperidine rings is 1. The van der Waals surface area contributed by atoms with E-state index < -0.39 is 11.0 Å². The Morgan fingerprint density at radius 1 is 1.10 bits per heavy atom. The van der Waals surface area contributed by atoms with Gasteiger partial charge in [-0.15, -0.1) is 11.3 Å². The summed E-state index contributed by atoms with van der Waals surface area (Å²) in [7, 11) is 0. The van der Waals surface area contributed by atoms with Gasteiger partial charge in [0.1, 0.15) is 5.75 Å². The van der Waals surface area contributed by atoms with Crippen molar-refractivity contribution in [3.8, 4) is 5.75 Å². The van der Waals surface area contributed by atoms with Gasteiger partial charge in [0.2, 0.25) is 0 Å². The Hall–Kier alpha value is -2.65. The van der Waals surface area contributed by atoms with E-state index in [2.05, 4.69) is 5.32 Å². The minimum Gasteiger partial charge on any atom is -0.410 e. The van der Waals surface area contributed by atoms with Crippen molar-refractivity contribution >= 4 is 40.6 Å². The largest absolute Gasteiger partial charge is 0.415 e. The van der Waals surface area contributed by atoms with Gasteiger partial charge >= 0.3 is 6.09 Å². The van der Waals surface area contributed by atoms with Gasteiger partial charge in [0.15, 0.2) is 0 Å². The Bertz CT molecular complexity index is 968. The van der Waals surface area contributed by atoms with Crippen LogP contribution in [-0.2, 0) is 0 Å². The van der Waals surface area contributed by atoms with E-state index >= 15 is 0 Å². The third-order valence-electron chi connectivity index (χ3n) is 5.78. The summed E-state index contributed by atoms with van der Waals surface area (Å²) >= 11 is 7.22. The number of nitrogens with one attached hydrogen (secondary N) is 1. The number of carbonyl (C=O) groups is 2. The second-order valence-electron chi connectivity index (χ2n) is 7.88. The Balaban J connectivity index is 1.30. The molecule has 8 nitrogen and oxygen atoms in total. The summed E-state index contributed by atoms with van der Waals surface area (Å²) in [6.07, 6.45) is 3.31. The molecule has 1 aromatic carbocycles. The zero-order valence-corrected chi connectivity index (χ0v) is 18.2. The zero-order chi connectivity index (χ0) is 22.0. The van der Waals surface area contributed by atoms with Gasteiger partial charge in [0.25, 0.3) is 11.6 Å². The first-order valence-electron chi connectivity index (χ1n) is 10.2. The molecule has 164 valence electrons. The number of likely N-dealkylation sites (tertiary alicyclic amines) is 1. The standard InChI is InChI=1S/C21H22ClN3O5S/c22-18-8-7-17(31-18)20(26)23-19(13-1-2-13)14-9-11-24(12-10-14)21(27)30-16-5-3-15(4-6-16)25(28)29/h3-8,13-14,19H,1-2,9-12H2,(H,23,26)/t19-/m1/s1. The van der Waals surface area contributed by atoms with Gasteiger partial charge in [-0.1, -0.05) is 11.6 Å². The van der Waals surface area contributed by atoms with Crippen molar-refractivity contribution in [2.45, 2.75) is 31.7 Å². The van der Waals surface area contributed by atoms with Crippen molar-refractivity contribution in [3.63, 3.8) is 0 Å². The molecule has 1 aromatic heterocycles. The number of benzene rings is 1. The van der Waals surface area contributed by atoms with Crippen LogP contribution in [0, 0.1) is 22.0 Å². The molecule has 0 unspecified atom stereocenters. The van der Waals surface area contributed by atoms with Gasteiger partial charge in [-0.05, 0) is 61.8 Å². The number of rotatable bonds is 6. The average Bonchev–Trinajstić information content (AvgIpc) is 3.52. The summed E-state index contributed by atoms with van der Waals surface area (Å²) in [4.78, 5) is 37.5. The molecule has 0 bridgehead atoms. The fourth-order valence-corrected chi connectivity index (χ4v) is 4.92. The molecule has 0 radical (unpaired) electrons. The molecular weight excluding hydrogens is 442 g/mol. The number of hydrogen-bond acceptors (Lipinski definition) is 6. The molecule has 2 amide bonds. The first-order chi connectivity index (χ1) is 14.9. The molecule has 2 heterocycles. The van der Waals surface area contributed by atoms with Crippen LogP contribution >= 0.6 is 22.9 Å². The van der Waals surface area contributed by atoms with Gasteiger partial charge in [0, 0.05) is 31.3 Å². The molecule has 4 rings (SSSR count). The zero-order valence-electron chi connectivity index (χ0n) is 16.7. The molecule has 2 aliphatic rings. The molecule has 1 atom stereocenters. The highest BCUT2D eigenvalue weighted by Gasteiger charge is 2.39. The lowest BCUT2D eigenvalue weighted by molar-refractivity contribution is -0.384. The minimum absolute atomic E-state index is 0.0569. The average molecular weight is 464 g/mol. The monoisotopic (exact) mass is 463 g/mol. The van der Waals surface area contributed by atoms with E-state index in [1.54, 1.807) is 17.0 Å². The normalized spacial score (nSPS) is 17.8. The Morgan fingerprint density at radius 3 is 2.29 bits per heavy atom. The number of nitro benzene ring substituents is 1. The van der Waals surface area contributed by atoms with Crippen molar-refractivity contribution in [1.82, 2.24) is 10.2 Å². The molecule has 10 heteroatoms. The van der Waals surface area contributed by atoms with Crippen LogP contribution in [0.15, 0.2) is 36.4 Å². The van der Waals surface area contributed by atoms with E-state index in [1.165, 1.54) is 35.6 Å². The van der Waals surface area contributed by atoms with Crippen LogP contribution in [0.1, 0.15) is 35.4 Å². The first kappa shape index (κ1) is 21.6. The second-order valence-corrected chi connectivity index (χ2v) is 9.60. The quantitative estimate of drug-likeness (QED) is 0.493. The summed E-state index contributed by atoms with van der Waals surface area (Å²) in [6, 6.07) is 9.00. The minimum atomic E-state index is -0.502. The van der Waals surface area contributed by atoms with Gasteiger partial charge < -0.3 is 15.0 Å². The van der Waals surface area contributed by atoms with Gasteiger partial charge in [0.05, 0.1) is 14.1 Å². The second kappa shape index (κ2) is 9.23. The molecule has 1 aliphatic carbocycles. The maximum absolute atomic E-state index is 12.6. The molecule has 2 fully saturated rings. The highest BCUT2D eigenvalue weighted by Crippen LogP contribution is 2.39. The number of thiophene rings is 1. The van der Waals surface area contributed by atoms with Gasteiger partial charge in [-0.2, -0.15) is 0 Å². The maximum atomic E-state index is 12.6. The molecule has 1 saturated carbocycles. The van der Waals surface area contributed by atoms with Crippen molar-refractivity contribution < 1.29 is 19.2 Å². The van der Waals surface area contributed by atoms with Crippen LogP contribution in [-0.4, -0.2) is 41.0 Å². The topological polar surface area (TPSA) is 102 Å². The molecule has 1 aliphatic heterocycles. The number of amides is 2. The van der Waals surface area contributed by atoms with Crippen LogP contribution in [0.2, 0.25) is 4.34 Å². The number of hydrogen-bond donors (Lipinski definition) is 1. The number of carbonyl (C=O) groups excluding carboxylic acids is 2. The van der Waals surface area contributed by atoms with Crippen LogP contribution in [0.3, 0.4) is 0 Å². The Labute approximate surface area is 188 Å². The highest BCUT2D eigenvalue weighted by molar-refractivity contribution is 7.18. The fraction of sp³-hybridized carbons (Fsp3) is 0.429. The SMILES string of the molecule is O=C(N[C@H](C1CC1)C1CCN(C(=O)Oc2ccc([N+](=O)[O-])cc2)CC1)c1ccc(Cl)s1. The first-order valence-corrected chi connectivity index (χ1v) is 11.4. The number of non-ortho nitro benzene ring substituents is 1. The molecular formula is C21H22ClN3O5S.